The molecule has 1 aromatic carbocycles. The number of hydrogen-bond acceptors (Lipinski definition) is 8. The molecule has 3 rings (SSSR count). The molecule has 1 aromatic heterocycles. The highest BCUT2D eigenvalue weighted by molar-refractivity contribution is 8.01. The first-order valence-corrected chi connectivity index (χ1v) is 12.8. The Morgan fingerprint density at radius 1 is 1.34 bits per heavy atom. The smallest absolute Gasteiger partial charge is 0.311 e. The fraction of sp³-hybridized carbons (Fsp3) is 0.476. The normalized spacial score (nSPS) is 16.7. The van der Waals surface area contributed by atoms with Gasteiger partial charge in [0.1, 0.15) is 0 Å². The molecule has 1 amide bonds. The number of thiazole rings is 1. The first-order valence-electron chi connectivity index (χ1n) is 10.2. The monoisotopic (exact) mass is 517 g/mol. The fourth-order valence-corrected chi connectivity index (χ4v) is 5.46. The minimum Gasteiger partial charge on any atom is -0.466 e. The molecule has 7 nitrogen and oxygen atoms in total. The van der Waals surface area contributed by atoms with Gasteiger partial charge in [-0.25, -0.2) is 4.98 Å². The molecule has 0 unspecified atom stereocenters. The Balaban J connectivity index is 1.38. The Kier molecular flexibility index (Phi) is 10.1. The average Bonchev–Trinajstić information content (AvgIpc) is 3.17. The fourth-order valence-electron chi connectivity index (χ4n) is 3.21. The molecular weight excluding hydrogens is 493 g/mol. The zero-order chi connectivity index (χ0) is 22.9. The van der Waals surface area contributed by atoms with Crippen molar-refractivity contribution in [3.05, 3.63) is 44.9 Å². The average molecular weight is 518 g/mol. The van der Waals surface area contributed by atoms with Crippen LogP contribution in [0.2, 0.25) is 10.0 Å². The van der Waals surface area contributed by atoms with Gasteiger partial charge in [-0.1, -0.05) is 35.0 Å². The third kappa shape index (κ3) is 8.53. The van der Waals surface area contributed by atoms with E-state index in [1.165, 1.54) is 23.1 Å². The summed E-state index contributed by atoms with van der Waals surface area (Å²) < 4.78 is 11.5. The quantitative estimate of drug-likeness (QED) is 0.380. The lowest BCUT2D eigenvalue weighted by Crippen LogP contribution is -2.47. The maximum absolute atomic E-state index is 12.2. The van der Waals surface area contributed by atoms with Crippen LogP contribution in [0.4, 0.5) is 0 Å². The molecule has 1 fully saturated rings. The second-order valence-corrected chi connectivity index (χ2v) is 10.1. The summed E-state index contributed by atoms with van der Waals surface area (Å²) in [5, 5.41) is 5.99. The number of ether oxygens (including phenoxy) is 2. The van der Waals surface area contributed by atoms with Gasteiger partial charge in [-0.05, 0) is 30.7 Å². The molecule has 0 bridgehead atoms. The molecule has 2 heterocycles. The molecule has 32 heavy (non-hydrogen) atoms. The molecule has 1 N–H and O–H groups in total. The summed E-state index contributed by atoms with van der Waals surface area (Å²) in [6.07, 6.45) is 0.0666. The Morgan fingerprint density at radius 2 is 2.12 bits per heavy atom. The third-order valence-electron chi connectivity index (χ3n) is 4.57. The zero-order valence-electron chi connectivity index (χ0n) is 17.6. The van der Waals surface area contributed by atoms with Crippen molar-refractivity contribution in [2.75, 3.05) is 38.6 Å². The van der Waals surface area contributed by atoms with E-state index in [1.54, 1.807) is 13.0 Å². The minimum atomic E-state index is -0.299. The van der Waals surface area contributed by atoms with Gasteiger partial charge in [0.15, 0.2) is 4.34 Å². The van der Waals surface area contributed by atoms with Gasteiger partial charge in [0.2, 0.25) is 5.91 Å². The number of esters is 1. The van der Waals surface area contributed by atoms with Crippen LogP contribution in [-0.2, 0) is 32.0 Å². The van der Waals surface area contributed by atoms with E-state index >= 15 is 0 Å². The number of amides is 1. The summed E-state index contributed by atoms with van der Waals surface area (Å²) in [4.78, 5) is 30.4. The largest absolute Gasteiger partial charge is 0.466 e. The number of nitrogens with one attached hydrogen (secondary N) is 1. The number of aromatic nitrogens is 1. The lowest BCUT2D eigenvalue weighted by molar-refractivity contribution is -0.142. The second-order valence-electron chi connectivity index (χ2n) is 7.18. The van der Waals surface area contributed by atoms with Gasteiger partial charge >= 0.3 is 5.97 Å². The van der Waals surface area contributed by atoms with E-state index < -0.39 is 0 Å². The van der Waals surface area contributed by atoms with Crippen LogP contribution in [-0.4, -0.2) is 66.5 Å². The SMILES string of the molecule is CCOC(=O)Cc1csc(SCC(=O)NC[C@H]2CN(Cc3cc(Cl)cc(Cl)c3)CCO2)n1. The summed E-state index contributed by atoms with van der Waals surface area (Å²) in [6.45, 7) is 5.41. The lowest BCUT2D eigenvalue weighted by Gasteiger charge is -2.33. The van der Waals surface area contributed by atoms with Gasteiger partial charge in [-0.15, -0.1) is 11.3 Å². The standard InChI is InChI=1S/C21H25Cl2N3O4S2/c1-2-29-20(28)8-17-12-31-21(25-17)32-13-19(27)24-9-18-11-26(3-4-30-18)10-14-5-15(22)7-16(23)6-14/h5-7,12,18H,2-4,8-11,13H2,1H3,(H,24,27)/t18-/m0/s1. The van der Waals surface area contributed by atoms with E-state index in [-0.39, 0.29) is 30.2 Å². The van der Waals surface area contributed by atoms with Crippen molar-refractivity contribution >= 4 is 58.2 Å². The number of carbonyl (C=O) groups is 2. The number of nitrogens with zero attached hydrogens (tertiary/aromatic N) is 2. The summed E-state index contributed by atoms with van der Waals surface area (Å²) in [5.41, 5.74) is 1.71. The maximum atomic E-state index is 12.2. The van der Waals surface area contributed by atoms with Crippen LogP contribution in [0, 0.1) is 0 Å². The first-order chi connectivity index (χ1) is 15.4. The van der Waals surface area contributed by atoms with Crippen molar-refractivity contribution in [2.24, 2.45) is 0 Å². The highest BCUT2D eigenvalue weighted by Gasteiger charge is 2.21. The predicted octanol–water partition coefficient (Wildman–Crippen LogP) is 3.66. The number of hydrogen-bond donors (Lipinski definition) is 1. The molecule has 11 heteroatoms. The van der Waals surface area contributed by atoms with Crippen molar-refractivity contribution in [3.8, 4) is 0 Å². The van der Waals surface area contributed by atoms with Gasteiger partial charge in [-0.3, -0.25) is 14.5 Å². The molecule has 0 radical (unpaired) electrons. The van der Waals surface area contributed by atoms with Gasteiger partial charge in [0, 0.05) is 41.6 Å². The lowest BCUT2D eigenvalue weighted by atomic mass is 10.2. The highest BCUT2D eigenvalue weighted by Crippen LogP contribution is 2.23. The van der Waals surface area contributed by atoms with Gasteiger partial charge in [0.05, 0.1) is 37.2 Å². The second kappa shape index (κ2) is 12.8. The van der Waals surface area contributed by atoms with E-state index in [2.05, 4.69) is 15.2 Å². The van der Waals surface area contributed by atoms with Crippen LogP contribution in [0.3, 0.4) is 0 Å². The maximum Gasteiger partial charge on any atom is 0.311 e. The number of rotatable bonds is 10. The Morgan fingerprint density at radius 3 is 2.88 bits per heavy atom. The van der Waals surface area contributed by atoms with Crippen LogP contribution in [0.25, 0.3) is 0 Å². The molecule has 0 saturated carbocycles. The molecular formula is C21H25Cl2N3O4S2. The van der Waals surface area contributed by atoms with Crippen LogP contribution in [0.1, 0.15) is 18.2 Å². The van der Waals surface area contributed by atoms with Gasteiger partial charge in [-0.2, -0.15) is 0 Å². The minimum absolute atomic E-state index is 0.0802. The molecule has 1 aliphatic rings. The highest BCUT2D eigenvalue weighted by atomic mass is 35.5. The summed E-state index contributed by atoms with van der Waals surface area (Å²) >= 11 is 14.9. The molecule has 1 saturated heterocycles. The molecule has 2 aromatic rings. The summed E-state index contributed by atoms with van der Waals surface area (Å²) in [5.74, 6) is -0.129. The topological polar surface area (TPSA) is 80.8 Å². The van der Waals surface area contributed by atoms with Gasteiger partial charge < -0.3 is 14.8 Å². The van der Waals surface area contributed by atoms with Gasteiger partial charge in [0.25, 0.3) is 0 Å². The zero-order valence-corrected chi connectivity index (χ0v) is 20.8. The molecule has 0 spiro atoms. The van der Waals surface area contributed by atoms with Crippen molar-refractivity contribution in [3.63, 3.8) is 0 Å². The van der Waals surface area contributed by atoms with E-state index in [4.69, 9.17) is 32.7 Å². The summed E-state index contributed by atoms with van der Waals surface area (Å²) in [6, 6.07) is 5.54. The van der Waals surface area contributed by atoms with Crippen LogP contribution in [0.5, 0.6) is 0 Å². The molecule has 1 aliphatic heterocycles. The number of halogens is 2. The third-order valence-corrected chi connectivity index (χ3v) is 7.07. The number of thioether (sulfide) groups is 1. The Labute approximate surface area is 205 Å². The number of morpholine rings is 1. The van der Waals surface area contributed by atoms with Crippen molar-refractivity contribution in [2.45, 2.75) is 30.3 Å². The summed E-state index contributed by atoms with van der Waals surface area (Å²) in [7, 11) is 0. The van der Waals surface area contributed by atoms with E-state index in [0.717, 1.165) is 23.0 Å². The Hall–Kier alpha value is -1.36. The van der Waals surface area contributed by atoms with E-state index in [1.807, 2.05) is 17.5 Å². The number of benzene rings is 1. The predicted molar refractivity (Wildman–Crippen MR) is 128 cm³/mol. The van der Waals surface area contributed by atoms with Crippen molar-refractivity contribution in [1.82, 2.24) is 15.2 Å². The molecule has 1 atom stereocenters. The van der Waals surface area contributed by atoms with Crippen LogP contribution < -0.4 is 5.32 Å². The Bertz CT molecular complexity index is 908. The molecule has 0 aliphatic carbocycles. The van der Waals surface area contributed by atoms with Crippen molar-refractivity contribution < 1.29 is 19.1 Å². The molecule has 174 valence electrons. The van der Waals surface area contributed by atoms with E-state index in [0.29, 0.717) is 42.0 Å². The van der Waals surface area contributed by atoms with Crippen LogP contribution >= 0.6 is 46.3 Å². The van der Waals surface area contributed by atoms with Crippen LogP contribution in [0.15, 0.2) is 27.9 Å². The van der Waals surface area contributed by atoms with Crippen molar-refractivity contribution in [1.29, 1.82) is 0 Å². The number of carbonyl (C=O) groups excluding carboxylic acids is 2. The van der Waals surface area contributed by atoms with E-state index in [9.17, 15) is 9.59 Å². The first kappa shape index (κ1) is 25.3.